The second-order valence-corrected chi connectivity index (χ2v) is 3.91. The number of benzene rings is 1. The Morgan fingerprint density at radius 3 is 2.65 bits per heavy atom. The lowest BCUT2D eigenvalue weighted by Gasteiger charge is -2.25. The zero-order valence-corrected chi connectivity index (χ0v) is 10.3. The zero-order valence-electron chi connectivity index (χ0n) is 10.3. The van der Waals surface area contributed by atoms with Crippen LogP contribution in [0.5, 0.6) is 0 Å². The Labute approximate surface area is 102 Å². The van der Waals surface area contributed by atoms with Crippen molar-refractivity contribution in [3.05, 3.63) is 29.8 Å². The van der Waals surface area contributed by atoms with E-state index in [-0.39, 0.29) is 6.42 Å². The number of carbonyl (C=O) groups is 1. The predicted molar refractivity (Wildman–Crippen MR) is 67.5 cm³/mol. The highest BCUT2D eigenvalue weighted by atomic mass is 16.5. The second-order valence-electron chi connectivity index (χ2n) is 3.91. The average Bonchev–Trinajstić information content (AvgIpc) is 2.30. The summed E-state index contributed by atoms with van der Waals surface area (Å²) in [6.07, 6.45) is 0.137. The van der Waals surface area contributed by atoms with Crippen LogP contribution in [0.15, 0.2) is 24.3 Å². The highest BCUT2D eigenvalue weighted by molar-refractivity contribution is 5.68. The Bertz CT molecular complexity index is 365. The van der Waals surface area contributed by atoms with Gasteiger partial charge < -0.3 is 14.7 Å². The first kappa shape index (κ1) is 13.5. The van der Waals surface area contributed by atoms with Crippen LogP contribution in [-0.4, -0.2) is 37.9 Å². The van der Waals surface area contributed by atoms with Gasteiger partial charge in [0, 0.05) is 25.9 Å². The number of para-hydroxylation sites is 1. The van der Waals surface area contributed by atoms with Crippen molar-refractivity contribution >= 4 is 11.7 Å². The van der Waals surface area contributed by atoms with Gasteiger partial charge in [-0.3, -0.25) is 4.79 Å². The highest BCUT2D eigenvalue weighted by Gasteiger charge is 2.10. The van der Waals surface area contributed by atoms with Crippen LogP contribution in [0.3, 0.4) is 0 Å². The van der Waals surface area contributed by atoms with E-state index < -0.39 is 5.97 Å². The lowest BCUT2D eigenvalue weighted by molar-refractivity contribution is -0.136. The van der Waals surface area contributed by atoms with Gasteiger partial charge in [0.1, 0.15) is 0 Å². The molecule has 4 heteroatoms. The highest BCUT2D eigenvalue weighted by Crippen LogP contribution is 2.19. The molecule has 0 radical (unpaired) electrons. The first-order chi connectivity index (χ1) is 8.15. The first-order valence-corrected chi connectivity index (χ1v) is 5.66. The van der Waals surface area contributed by atoms with Crippen molar-refractivity contribution < 1.29 is 14.6 Å². The van der Waals surface area contributed by atoms with E-state index in [9.17, 15) is 4.79 Å². The van der Waals surface area contributed by atoms with Crippen LogP contribution < -0.4 is 4.90 Å². The van der Waals surface area contributed by atoms with E-state index in [1.54, 1.807) is 7.11 Å². The van der Waals surface area contributed by atoms with Crippen LogP contribution in [0.1, 0.15) is 12.0 Å². The Morgan fingerprint density at radius 1 is 1.35 bits per heavy atom. The van der Waals surface area contributed by atoms with Crippen molar-refractivity contribution in [3.8, 4) is 0 Å². The summed E-state index contributed by atoms with van der Waals surface area (Å²) in [5, 5.41) is 8.75. The number of methoxy groups -OCH3 is 1. The maximum atomic E-state index is 10.6. The minimum atomic E-state index is -0.777. The van der Waals surface area contributed by atoms with Crippen LogP contribution >= 0.6 is 0 Å². The van der Waals surface area contributed by atoms with Crippen LogP contribution in [0.4, 0.5) is 5.69 Å². The normalized spacial score (nSPS) is 10.2. The van der Waals surface area contributed by atoms with E-state index >= 15 is 0 Å². The van der Waals surface area contributed by atoms with Crippen molar-refractivity contribution in [2.75, 3.05) is 31.7 Å². The molecular formula is C13H19NO3. The van der Waals surface area contributed by atoms with E-state index in [0.717, 1.165) is 11.3 Å². The number of carboxylic acid groups (broad SMARTS) is 1. The number of nitrogens with zero attached hydrogens (tertiary/aromatic N) is 1. The maximum absolute atomic E-state index is 10.6. The lowest BCUT2D eigenvalue weighted by atomic mass is 10.1. The molecule has 4 nitrogen and oxygen atoms in total. The van der Waals surface area contributed by atoms with Gasteiger partial charge in [0.15, 0.2) is 0 Å². The average molecular weight is 237 g/mol. The van der Waals surface area contributed by atoms with E-state index in [0.29, 0.717) is 19.7 Å². The summed E-state index contributed by atoms with van der Waals surface area (Å²) in [5.41, 5.74) is 2.22. The fraction of sp³-hybridized carbons (Fsp3) is 0.462. The summed E-state index contributed by atoms with van der Waals surface area (Å²) >= 11 is 0. The van der Waals surface area contributed by atoms with Crippen molar-refractivity contribution in [2.24, 2.45) is 0 Å². The SMILES string of the molecule is COCCN(CCC(=O)O)c1ccccc1C. The fourth-order valence-corrected chi connectivity index (χ4v) is 1.70. The number of carboxylic acids is 1. The smallest absolute Gasteiger partial charge is 0.305 e. The minimum Gasteiger partial charge on any atom is -0.481 e. The number of hydrogen-bond acceptors (Lipinski definition) is 3. The molecule has 0 unspecified atom stereocenters. The second kappa shape index (κ2) is 6.91. The topological polar surface area (TPSA) is 49.8 Å². The summed E-state index contributed by atoms with van der Waals surface area (Å²) < 4.78 is 5.05. The van der Waals surface area contributed by atoms with Gasteiger partial charge in [-0.2, -0.15) is 0 Å². The van der Waals surface area contributed by atoms with Gasteiger partial charge in [0.05, 0.1) is 13.0 Å². The predicted octanol–water partition coefficient (Wildman–Crippen LogP) is 1.92. The largest absolute Gasteiger partial charge is 0.481 e. The van der Waals surface area contributed by atoms with E-state index in [4.69, 9.17) is 9.84 Å². The molecule has 0 fully saturated rings. The monoisotopic (exact) mass is 237 g/mol. The molecular weight excluding hydrogens is 218 g/mol. The standard InChI is InChI=1S/C13H19NO3/c1-11-5-3-4-6-12(11)14(9-10-17-2)8-7-13(15)16/h3-6H,7-10H2,1-2H3,(H,15,16). The molecule has 0 saturated carbocycles. The molecule has 0 amide bonds. The first-order valence-electron chi connectivity index (χ1n) is 5.66. The quantitative estimate of drug-likeness (QED) is 0.787. The molecule has 0 aromatic heterocycles. The molecule has 0 spiro atoms. The Hall–Kier alpha value is -1.55. The van der Waals surface area contributed by atoms with Gasteiger partial charge >= 0.3 is 5.97 Å². The molecule has 0 aliphatic carbocycles. The van der Waals surface area contributed by atoms with Gasteiger partial charge in [-0.05, 0) is 18.6 Å². The van der Waals surface area contributed by atoms with Crippen molar-refractivity contribution in [2.45, 2.75) is 13.3 Å². The molecule has 0 aliphatic rings. The molecule has 0 bridgehead atoms. The Morgan fingerprint density at radius 2 is 2.06 bits per heavy atom. The number of aliphatic carboxylic acids is 1. The molecule has 0 saturated heterocycles. The third-order valence-electron chi connectivity index (χ3n) is 2.62. The molecule has 1 rings (SSSR count). The lowest BCUT2D eigenvalue weighted by Crippen LogP contribution is -2.30. The summed E-state index contributed by atoms with van der Waals surface area (Å²) in [7, 11) is 1.65. The Balaban J connectivity index is 2.74. The van der Waals surface area contributed by atoms with Gasteiger partial charge in [-0.1, -0.05) is 18.2 Å². The molecule has 0 heterocycles. The maximum Gasteiger partial charge on any atom is 0.305 e. The van der Waals surface area contributed by atoms with Gasteiger partial charge in [0.2, 0.25) is 0 Å². The summed E-state index contributed by atoms with van der Waals surface area (Å²) in [6.45, 7) is 3.82. The van der Waals surface area contributed by atoms with Crippen molar-refractivity contribution in [1.29, 1.82) is 0 Å². The van der Waals surface area contributed by atoms with Crippen LogP contribution in [-0.2, 0) is 9.53 Å². The van der Waals surface area contributed by atoms with E-state index in [1.807, 2.05) is 36.1 Å². The molecule has 17 heavy (non-hydrogen) atoms. The number of rotatable bonds is 7. The van der Waals surface area contributed by atoms with E-state index in [2.05, 4.69) is 0 Å². The summed E-state index contributed by atoms with van der Waals surface area (Å²) in [4.78, 5) is 12.7. The number of anilines is 1. The van der Waals surface area contributed by atoms with E-state index in [1.165, 1.54) is 0 Å². The fourth-order valence-electron chi connectivity index (χ4n) is 1.70. The summed E-state index contributed by atoms with van der Waals surface area (Å²) in [5.74, 6) is -0.777. The van der Waals surface area contributed by atoms with Crippen LogP contribution in [0.2, 0.25) is 0 Å². The van der Waals surface area contributed by atoms with Crippen molar-refractivity contribution in [3.63, 3.8) is 0 Å². The molecule has 1 aromatic carbocycles. The molecule has 0 aliphatic heterocycles. The molecule has 0 atom stereocenters. The zero-order chi connectivity index (χ0) is 12.7. The van der Waals surface area contributed by atoms with Crippen LogP contribution in [0, 0.1) is 6.92 Å². The number of hydrogen-bond donors (Lipinski definition) is 1. The summed E-state index contributed by atoms with van der Waals surface area (Å²) in [6, 6.07) is 7.97. The Kier molecular flexibility index (Phi) is 5.49. The van der Waals surface area contributed by atoms with Gasteiger partial charge in [-0.25, -0.2) is 0 Å². The minimum absolute atomic E-state index is 0.137. The molecule has 94 valence electrons. The third-order valence-corrected chi connectivity index (χ3v) is 2.62. The van der Waals surface area contributed by atoms with Gasteiger partial charge in [-0.15, -0.1) is 0 Å². The molecule has 1 N–H and O–H groups in total. The molecule has 1 aromatic rings. The van der Waals surface area contributed by atoms with Crippen molar-refractivity contribution in [1.82, 2.24) is 0 Å². The van der Waals surface area contributed by atoms with Gasteiger partial charge in [0.25, 0.3) is 0 Å². The third kappa shape index (κ3) is 4.44. The number of aryl methyl sites for hydroxylation is 1. The van der Waals surface area contributed by atoms with Crippen LogP contribution in [0.25, 0.3) is 0 Å². The number of ether oxygens (including phenoxy) is 1.